The van der Waals surface area contributed by atoms with Crippen molar-refractivity contribution >= 4 is 11.8 Å². The number of methoxy groups -OCH3 is 1. The van der Waals surface area contributed by atoms with Gasteiger partial charge >= 0.3 is 0 Å². The summed E-state index contributed by atoms with van der Waals surface area (Å²) in [7, 11) is 1.61. The van der Waals surface area contributed by atoms with E-state index >= 15 is 0 Å². The van der Waals surface area contributed by atoms with Crippen LogP contribution in [0.5, 0.6) is 5.75 Å². The molecule has 108 valence electrons. The molecule has 3 rings (SSSR count). The average molecular weight is 311 g/mol. The van der Waals surface area contributed by atoms with Gasteiger partial charge in [0.25, 0.3) is 5.22 Å². The molecule has 22 heavy (non-hydrogen) atoms. The van der Waals surface area contributed by atoms with Crippen molar-refractivity contribution in [2.45, 2.75) is 10.2 Å². The first-order chi connectivity index (χ1) is 10.8. The minimum Gasteiger partial charge on any atom is -0.497 e. The molecule has 0 aliphatic rings. The summed E-state index contributed by atoms with van der Waals surface area (Å²) in [6.07, 6.45) is 0. The standard InChI is InChI=1S/C14H9N5O2S/c1-20-11-5-2-9(3-6-11)13-18-19-14(21-13)22-12-7-4-10(8-15)16-17-12/h2-7H,1H3. The van der Waals surface area contributed by atoms with E-state index in [1.165, 1.54) is 11.8 Å². The second-order valence-corrected chi connectivity index (χ2v) is 5.04. The predicted molar refractivity (Wildman–Crippen MR) is 77.2 cm³/mol. The second-order valence-electron chi connectivity index (χ2n) is 4.07. The maximum absolute atomic E-state index is 8.68. The van der Waals surface area contributed by atoms with Crippen LogP contribution in [-0.2, 0) is 0 Å². The van der Waals surface area contributed by atoms with Crippen LogP contribution in [0.15, 0.2) is 51.1 Å². The largest absolute Gasteiger partial charge is 0.497 e. The topological polar surface area (TPSA) is 97.7 Å². The van der Waals surface area contributed by atoms with Gasteiger partial charge in [0.1, 0.15) is 16.8 Å². The molecule has 2 aromatic heterocycles. The summed E-state index contributed by atoms with van der Waals surface area (Å²) < 4.78 is 10.7. The number of aromatic nitrogens is 4. The summed E-state index contributed by atoms with van der Waals surface area (Å²) in [5.74, 6) is 1.16. The highest BCUT2D eigenvalue weighted by Crippen LogP contribution is 2.28. The summed E-state index contributed by atoms with van der Waals surface area (Å²) in [5, 5.41) is 25.2. The van der Waals surface area contributed by atoms with Crippen molar-refractivity contribution in [2.24, 2.45) is 0 Å². The van der Waals surface area contributed by atoms with Crippen LogP contribution in [0.25, 0.3) is 11.5 Å². The average Bonchev–Trinajstić information content (AvgIpc) is 3.04. The van der Waals surface area contributed by atoms with Gasteiger partial charge in [0.15, 0.2) is 5.69 Å². The highest BCUT2D eigenvalue weighted by Gasteiger charge is 2.11. The molecule has 1 aromatic carbocycles. The fourth-order valence-corrected chi connectivity index (χ4v) is 2.22. The van der Waals surface area contributed by atoms with Gasteiger partial charge in [-0.05, 0) is 48.2 Å². The van der Waals surface area contributed by atoms with Gasteiger partial charge in [-0.25, -0.2) is 0 Å². The maximum atomic E-state index is 8.68. The van der Waals surface area contributed by atoms with Crippen molar-refractivity contribution in [1.82, 2.24) is 20.4 Å². The molecule has 0 fully saturated rings. The molecular weight excluding hydrogens is 302 g/mol. The van der Waals surface area contributed by atoms with Gasteiger partial charge in [0.2, 0.25) is 5.89 Å². The smallest absolute Gasteiger partial charge is 0.283 e. The quantitative estimate of drug-likeness (QED) is 0.725. The van der Waals surface area contributed by atoms with Crippen molar-refractivity contribution in [2.75, 3.05) is 7.11 Å². The van der Waals surface area contributed by atoms with E-state index in [2.05, 4.69) is 20.4 Å². The number of rotatable bonds is 4. The van der Waals surface area contributed by atoms with E-state index in [9.17, 15) is 0 Å². The first-order valence-corrected chi connectivity index (χ1v) is 7.00. The molecule has 0 aliphatic carbocycles. The number of benzene rings is 1. The molecule has 0 atom stereocenters. The molecule has 7 nitrogen and oxygen atoms in total. The lowest BCUT2D eigenvalue weighted by molar-refractivity contribution is 0.414. The molecular formula is C14H9N5O2S. The second kappa shape index (κ2) is 6.24. The normalized spacial score (nSPS) is 10.2. The molecule has 3 aromatic rings. The monoisotopic (exact) mass is 311 g/mol. The summed E-state index contributed by atoms with van der Waals surface area (Å²) in [6.45, 7) is 0. The molecule has 0 unspecified atom stereocenters. The summed E-state index contributed by atoms with van der Waals surface area (Å²) in [6, 6.07) is 12.5. The molecule has 0 N–H and O–H groups in total. The van der Waals surface area contributed by atoms with Gasteiger partial charge < -0.3 is 9.15 Å². The van der Waals surface area contributed by atoms with Crippen molar-refractivity contribution < 1.29 is 9.15 Å². The zero-order chi connectivity index (χ0) is 15.4. The Hall–Kier alpha value is -2.92. The summed E-state index contributed by atoms with van der Waals surface area (Å²) >= 11 is 1.18. The Labute approximate surface area is 130 Å². The lowest BCUT2D eigenvalue weighted by Crippen LogP contribution is -1.88. The minimum absolute atomic E-state index is 0.258. The van der Waals surface area contributed by atoms with Crippen molar-refractivity contribution in [3.8, 4) is 23.3 Å². The number of hydrogen-bond donors (Lipinski definition) is 0. The van der Waals surface area contributed by atoms with E-state index in [1.54, 1.807) is 19.2 Å². The number of nitriles is 1. The van der Waals surface area contributed by atoms with E-state index in [1.807, 2.05) is 30.3 Å². The van der Waals surface area contributed by atoms with Crippen LogP contribution in [0, 0.1) is 11.3 Å². The molecule has 0 saturated heterocycles. The molecule has 0 amide bonds. The number of hydrogen-bond acceptors (Lipinski definition) is 8. The van der Waals surface area contributed by atoms with Crippen LogP contribution in [-0.4, -0.2) is 27.5 Å². The lowest BCUT2D eigenvalue weighted by Gasteiger charge is -1.99. The van der Waals surface area contributed by atoms with Gasteiger partial charge in [0.05, 0.1) is 7.11 Å². The zero-order valence-corrected chi connectivity index (χ0v) is 12.2. The van der Waals surface area contributed by atoms with E-state index in [0.29, 0.717) is 16.1 Å². The van der Waals surface area contributed by atoms with E-state index < -0.39 is 0 Å². The Kier molecular flexibility index (Phi) is 3.98. The van der Waals surface area contributed by atoms with Crippen LogP contribution in [0.4, 0.5) is 0 Å². The van der Waals surface area contributed by atoms with Crippen LogP contribution >= 0.6 is 11.8 Å². The molecule has 0 bridgehead atoms. The number of ether oxygens (including phenoxy) is 1. The van der Waals surface area contributed by atoms with Crippen molar-refractivity contribution in [1.29, 1.82) is 5.26 Å². The minimum atomic E-state index is 0.258. The van der Waals surface area contributed by atoms with Crippen LogP contribution in [0.2, 0.25) is 0 Å². The molecule has 0 spiro atoms. The maximum Gasteiger partial charge on any atom is 0.283 e. The molecule has 0 radical (unpaired) electrons. The van der Waals surface area contributed by atoms with Crippen LogP contribution in [0.3, 0.4) is 0 Å². The first kappa shape index (κ1) is 14.0. The highest BCUT2D eigenvalue weighted by molar-refractivity contribution is 7.99. The van der Waals surface area contributed by atoms with Crippen LogP contribution < -0.4 is 4.74 Å². The van der Waals surface area contributed by atoms with Gasteiger partial charge in [-0.1, -0.05) is 0 Å². The third kappa shape index (κ3) is 3.05. The van der Waals surface area contributed by atoms with Gasteiger partial charge in [-0.15, -0.1) is 20.4 Å². The predicted octanol–water partition coefficient (Wildman–Crippen LogP) is 2.56. The highest BCUT2D eigenvalue weighted by atomic mass is 32.2. The first-order valence-electron chi connectivity index (χ1n) is 6.18. The molecule has 8 heteroatoms. The fourth-order valence-electron chi connectivity index (χ4n) is 1.62. The third-order valence-corrected chi connectivity index (χ3v) is 3.46. The lowest BCUT2D eigenvalue weighted by atomic mass is 10.2. The Bertz CT molecular complexity index is 808. The Morgan fingerprint density at radius 3 is 2.50 bits per heavy atom. The SMILES string of the molecule is COc1ccc(-c2nnc(Sc3ccc(C#N)nn3)o2)cc1. The Balaban J connectivity index is 1.76. The molecule has 0 saturated carbocycles. The van der Waals surface area contributed by atoms with E-state index in [-0.39, 0.29) is 5.69 Å². The molecule has 0 aliphatic heterocycles. The van der Waals surface area contributed by atoms with Gasteiger partial charge in [-0.3, -0.25) is 0 Å². The fraction of sp³-hybridized carbons (Fsp3) is 0.0714. The van der Waals surface area contributed by atoms with Crippen molar-refractivity contribution in [3.63, 3.8) is 0 Å². The zero-order valence-electron chi connectivity index (χ0n) is 11.4. The van der Waals surface area contributed by atoms with E-state index in [4.69, 9.17) is 14.4 Å². The Morgan fingerprint density at radius 1 is 1.05 bits per heavy atom. The van der Waals surface area contributed by atoms with Crippen LogP contribution in [0.1, 0.15) is 5.69 Å². The van der Waals surface area contributed by atoms with Gasteiger partial charge in [0, 0.05) is 5.56 Å². The third-order valence-electron chi connectivity index (χ3n) is 2.69. The van der Waals surface area contributed by atoms with Crippen molar-refractivity contribution in [3.05, 3.63) is 42.1 Å². The Morgan fingerprint density at radius 2 is 1.86 bits per heavy atom. The van der Waals surface area contributed by atoms with Gasteiger partial charge in [-0.2, -0.15) is 5.26 Å². The molecule has 2 heterocycles. The summed E-state index contributed by atoms with van der Waals surface area (Å²) in [4.78, 5) is 0. The summed E-state index contributed by atoms with van der Waals surface area (Å²) in [5.41, 5.74) is 1.06. The van der Waals surface area contributed by atoms with E-state index in [0.717, 1.165) is 11.3 Å². The number of nitrogens with zero attached hydrogens (tertiary/aromatic N) is 5.